The van der Waals surface area contributed by atoms with Gasteiger partial charge in [0.25, 0.3) is 5.91 Å². The lowest BCUT2D eigenvalue weighted by Gasteiger charge is -2.13. The number of rotatable bonds is 11. The third kappa shape index (κ3) is 7.27. The molecule has 3 rings (SSSR count). The fourth-order valence-electron chi connectivity index (χ4n) is 3.98. The van der Waals surface area contributed by atoms with Crippen LogP contribution >= 0.6 is 23.6 Å². The molecule has 0 radical (unpaired) electrons. The van der Waals surface area contributed by atoms with E-state index in [9.17, 15) is 9.59 Å². The number of hydrogen-bond donors (Lipinski definition) is 2. The van der Waals surface area contributed by atoms with Crippen molar-refractivity contribution < 1.29 is 19.1 Å². The van der Waals surface area contributed by atoms with Crippen LogP contribution in [-0.2, 0) is 17.6 Å². The molecule has 2 aromatic rings. The monoisotopic (exact) mass is 502 g/mol. The zero-order chi connectivity index (χ0) is 24.3. The molecule has 1 aliphatic carbocycles. The first-order valence-electron chi connectivity index (χ1n) is 12.2. The lowest BCUT2D eigenvalue weighted by atomic mass is 9.95. The second kappa shape index (κ2) is 13.4. The molecule has 0 atom stereocenters. The van der Waals surface area contributed by atoms with Crippen LogP contribution in [0.1, 0.15) is 89.9 Å². The summed E-state index contributed by atoms with van der Waals surface area (Å²) < 4.78 is 11.0. The molecule has 1 heterocycles. The van der Waals surface area contributed by atoms with Gasteiger partial charge in [-0.1, -0.05) is 32.6 Å². The van der Waals surface area contributed by atoms with Crippen molar-refractivity contribution in [2.75, 3.05) is 18.5 Å². The van der Waals surface area contributed by atoms with Crippen molar-refractivity contribution in [3.8, 4) is 5.75 Å². The maximum Gasteiger partial charge on any atom is 0.341 e. The number of carbonyl (C=O) groups excluding carboxylic acids is 2. The van der Waals surface area contributed by atoms with Crippen LogP contribution in [0.3, 0.4) is 0 Å². The molecule has 0 fully saturated rings. The molecule has 0 saturated carbocycles. The number of anilines is 1. The Morgan fingerprint density at radius 3 is 2.50 bits per heavy atom. The molecule has 8 heteroatoms. The maximum absolute atomic E-state index is 12.7. The van der Waals surface area contributed by atoms with Gasteiger partial charge in [0.1, 0.15) is 10.8 Å². The molecule has 1 aromatic heterocycles. The number of amides is 1. The summed E-state index contributed by atoms with van der Waals surface area (Å²) >= 11 is 6.89. The van der Waals surface area contributed by atoms with Gasteiger partial charge in [0, 0.05) is 10.4 Å². The normalized spacial score (nSPS) is 12.5. The van der Waals surface area contributed by atoms with Crippen LogP contribution in [0.2, 0.25) is 0 Å². The number of thiocarbonyl (C=S) groups is 1. The molecule has 0 saturated heterocycles. The number of unbranched alkanes of at least 4 members (excludes halogenated alkanes) is 4. The SMILES string of the molecule is CCCCCCCOc1ccc(C(=O)NC(=S)Nc2sc3c(c2C(=O)OCC)CCCC3)cc1. The van der Waals surface area contributed by atoms with Gasteiger partial charge >= 0.3 is 5.97 Å². The molecule has 2 N–H and O–H groups in total. The van der Waals surface area contributed by atoms with Crippen molar-refractivity contribution in [2.24, 2.45) is 0 Å². The van der Waals surface area contributed by atoms with Crippen LogP contribution in [0.15, 0.2) is 24.3 Å². The molecule has 0 unspecified atom stereocenters. The average molecular weight is 503 g/mol. The van der Waals surface area contributed by atoms with E-state index in [1.807, 2.05) is 0 Å². The first kappa shape index (κ1) is 26.2. The highest BCUT2D eigenvalue weighted by molar-refractivity contribution is 7.80. The van der Waals surface area contributed by atoms with E-state index in [2.05, 4.69) is 17.6 Å². The Bertz CT molecular complexity index is 985. The van der Waals surface area contributed by atoms with Crippen molar-refractivity contribution in [3.05, 3.63) is 45.8 Å². The summed E-state index contributed by atoms with van der Waals surface area (Å²) in [5.74, 6) is 0.0816. The standard InChI is InChI=1S/C26H34N2O4S2/c1-3-5-6-7-10-17-32-19-15-13-18(14-16-19)23(29)27-26(33)28-24-22(25(30)31-4-2)20-11-8-9-12-21(20)34-24/h13-16H,3-12,17H2,1-2H3,(H2,27,28,29,33). The Balaban J connectivity index is 1.55. The van der Waals surface area contributed by atoms with Crippen LogP contribution in [0.5, 0.6) is 5.75 Å². The van der Waals surface area contributed by atoms with Crippen molar-refractivity contribution in [1.82, 2.24) is 5.32 Å². The number of benzene rings is 1. The molecule has 6 nitrogen and oxygen atoms in total. The molecule has 184 valence electrons. The lowest BCUT2D eigenvalue weighted by Crippen LogP contribution is -2.34. The van der Waals surface area contributed by atoms with E-state index < -0.39 is 0 Å². The van der Waals surface area contributed by atoms with Crippen LogP contribution in [-0.4, -0.2) is 30.2 Å². The van der Waals surface area contributed by atoms with E-state index in [0.717, 1.165) is 43.4 Å². The van der Waals surface area contributed by atoms with Crippen LogP contribution in [0, 0.1) is 0 Å². The quantitative estimate of drug-likeness (QED) is 0.214. The summed E-state index contributed by atoms with van der Waals surface area (Å²) in [4.78, 5) is 26.5. The first-order chi connectivity index (χ1) is 16.5. The summed E-state index contributed by atoms with van der Waals surface area (Å²) in [6, 6.07) is 7.03. The van der Waals surface area contributed by atoms with Gasteiger partial charge in [0.05, 0.1) is 18.8 Å². The lowest BCUT2D eigenvalue weighted by molar-refractivity contribution is 0.0526. The van der Waals surface area contributed by atoms with Crippen molar-refractivity contribution >= 4 is 45.5 Å². The van der Waals surface area contributed by atoms with Crippen molar-refractivity contribution in [1.29, 1.82) is 0 Å². The number of carbonyl (C=O) groups is 2. The molecule has 34 heavy (non-hydrogen) atoms. The Morgan fingerprint density at radius 1 is 1.03 bits per heavy atom. The van der Waals surface area contributed by atoms with Gasteiger partial charge in [-0.3, -0.25) is 10.1 Å². The second-order valence-corrected chi connectivity index (χ2v) is 9.84. The fourth-order valence-corrected chi connectivity index (χ4v) is 5.52. The minimum absolute atomic E-state index is 0.154. The van der Waals surface area contributed by atoms with Gasteiger partial charge in [-0.05, 0) is 81.1 Å². The molecular weight excluding hydrogens is 468 g/mol. The molecular formula is C26H34N2O4S2. The maximum atomic E-state index is 12.7. The van der Waals surface area contributed by atoms with Gasteiger partial charge in [0.15, 0.2) is 5.11 Å². The van der Waals surface area contributed by atoms with E-state index in [0.29, 0.717) is 29.3 Å². The number of aryl methyl sites for hydroxylation is 1. The predicted octanol–water partition coefficient (Wildman–Crippen LogP) is 6.28. The number of esters is 1. The highest BCUT2D eigenvalue weighted by atomic mass is 32.1. The molecule has 1 amide bonds. The van der Waals surface area contributed by atoms with Crippen LogP contribution in [0.4, 0.5) is 5.00 Å². The molecule has 1 aliphatic rings. The third-order valence-corrected chi connectivity index (χ3v) is 7.15. The van der Waals surface area contributed by atoms with E-state index in [1.54, 1.807) is 31.2 Å². The molecule has 1 aromatic carbocycles. The van der Waals surface area contributed by atoms with Crippen molar-refractivity contribution in [2.45, 2.75) is 71.6 Å². The zero-order valence-electron chi connectivity index (χ0n) is 20.0. The number of fused-ring (bicyclic) bond motifs is 1. The number of ether oxygens (including phenoxy) is 2. The number of hydrogen-bond acceptors (Lipinski definition) is 6. The Kier molecular flexibility index (Phi) is 10.3. The van der Waals surface area contributed by atoms with E-state index >= 15 is 0 Å². The fraction of sp³-hybridized carbons (Fsp3) is 0.500. The molecule has 0 aliphatic heterocycles. The highest BCUT2D eigenvalue weighted by Gasteiger charge is 2.27. The number of thiophene rings is 1. The Hall–Kier alpha value is -2.45. The minimum atomic E-state index is -0.348. The summed E-state index contributed by atoms with van der Waals surface area (Å²) in [5.41, 5.74) is 2.08. The van der Waals surface area contributed by atoms with Gasteiger partial charge in [-0.15, -0.1) is 11.3 Å². The van der Waals surface area contributed by atoms with E-state index in [-0.39, 0.29) is 17.0 Å². The number of nitrogens with one attached hydrogen (secondary N) is 2. The van der Waals surface area contributed by atoms with Gasteiger partial charge < -0.3 is 14.8 Å². The molecule has 0 spiro atoms. The van der Waals surface area contributed by atoms with E-state index in [4.69, 9.17) is 21.7 Å². The van der Waals surface area contributed by atoms with Crippen LogP contribution < -0.4 is 15.4 Å². The second-order valence-electron chi connectivity index (χ2n) is 8.33. The summed E-state index contributed by atoms with van der Waals surface area (Å²) in [7, 11) is 0. The minimum Gasteiger partial charge on any atom is -0.494 e. The Morgan fingerprint density at radius 2 is 1.76 bits per heavy atom. The summed E-state index contributed by atoms with van der Waals surface area (Å²) in [5, 5.41) is 6.56. The zero-order valence-corrected chi connectivity index (χ0v) is 21.7. The smallest absolute Gasteiger partial charge is 0.341 e. The topological polar surface area (TPSA) is 76.7 Å². The van der Waals surface area contributed by atoms with Gasteiger partial charge in [-0.2, -0.15) is 0 Å². The van der Waals surface area contributed by atoms with Gasteiger partial charge in [-0.25, -0.2) is 4.79 Å². The Labute approximate surface area is 211 Å². The van der Waals surface area contributed by atoms with Crippen molar-refractivity contribution in [3.63, 3.8) is 0 Å². The largest absolute Gasteiger partial charge is 0.494 e. The molecule has 0 bridgehead atoms. The van der Waals surface area contributed by atoms with Gasteiger partial charge in [0.2, 0.25) is 0 Å². The first-order valence-corrected chi connectivity index (χ1v) is 13.4. The summed E-state index contributed by atoms with van der Waals surface area (Å²) in [6.07, 6.45) is 9.89. The van der Waals surface area contributed by atoms with Crippen LogP contribution in [0.25, 0.3) is 0 Å². The third-order valence-electron chi connectivity index (χ3n) is 5.74. The predicted molar refractivity (Wildman–Crippen MR) is 141 cm³/mol. The highest BCUT2D eigenvalue weighted by Crippen LogP contribution is 2.38. The average Bonchev–Trinajstić information content (AvgIpc) is 3.19. The summed E-state index contributed by atoms with van der Waals surface area (Å²) in [6.45, 7) is 4.98. The van der Waals surface area contributed by atoms with E-state index in [1.165, 1.54) is 41.9 Å².